The van der Waals surface area contributed by atoms with Gasteiger partial charge in [-0.25, -0.2) is 4.39 Å². The lowest BCUT2D eigenvalue weighted by Crippen LogP contribution is -2.31. The Morgan fingerprint density at radius 3 is 2.47 bits per heavy atom. The standard InChI is InChI=1S/C22H17F4N2O3P/c1-13-9-15(23)6-8-19(13)31-20-10-14(22(24,25)26)5-7-18(20)21(29)28-16-3-2-4-17(11-16)32(28,30)12-27/h2-11H,12,27H2,1H3. The fourth-order valence-corrected chi connectivity index (χ4v) is 5.67. The van der Waals surface area contributed by atoms with Gasteiger partial charge in [0.25, 0.3) is 5.91 Å². The second-order valence-electron chi connectivity index (χ2n) is 7.24. The first-order chi connectivity index (χ1) is 15.0. The van der Waals surface area contributed by atoms with Gasteiger partial charge < -0.3 is 10.5 Å². The number of nitrogens with zero attached hydrogens (tertiary/aromatic N) is 1. The number of carbonyl (C=O) groups excluding carboxylic acids is 1. The van der Waals surface area contributed by atoms with E-state index in [9.17, 15) is 26.9 Å². The zero-order valence-corrected chi connectivity index (χ0v) is 17.6. The minimum Gasteiger partial charge on any atom is -0.456 e. The molecule has 0 saturated heterocycles. The van der Waals surface area contributed by atoms with Crippen molar-refractivity contribution in [2.45, 2.75) is 13.1 Å². The van der Waals surface area contributed by atoms with Crippen molar-refractivity contribution in [2.75, 3.05) is 11.0 Å². The fourth-order valence-electron chi connectivity index (χ4n) is 3.51. The number of aryl methyl sites for hydroxylation is 1. The first-order valence-corrected chi connectivity index (χ1v) is 11.3. The van der Waals surface area contributed by atoms with Crippen LogP contribution in [0.15, 0.2) is 60.7 Å². The second kappa shape index (κ2) is 7.76. The molecule has 0 saturated carbocycles. The highest BCUT2D eigenvalue weighted by Crippen LogP contribution is 2.55. The lowest BCUT2D eigenvalue weighted by atomic mass is 10.1. The van der Waals surface area contributed by atoms with E-state index >= 15 is 0 Å². The van der Waals surface area contributed by atoms with Crippen molar-refractivity contribution < 1.29 is 31.7 Å². The van der Waals surface area contributed by atoms with Crippen LogP contribution in [-0.2, 0) is 10.7 Å². The smallest absolute Gasteiger partial charge is 0.416 e. The average Bonchev–Trinajstić information content (AvgIpc) is 2.94. The molecule has 1 unspecified atom stereocenters. The third-order valence-corrected chi connectivity index (χ3v) is 7.78. The minimum absolute atomic E-state index is 0.0729. The molecule has 1 aliphatic heterocycles. The van der Waals surface area contributed by atoms with Gasteiger partial charge in [-0.3, -0.25) is 14.0 Å². The maximum atomic E-state index is 13.5. The highest BCUT2D eigenvalue weighted by Gasteiger charge is 2.43. The molecule has 1 aliphatic rings. The number of rotatable bonds is 4. The number of benzene rings is 3. The summed E-state index contributed by atoms with van der Waals surface area (Å²) < 4.78 is 73.6. The van der Waals surface area contributed by atoms with Crippen molar-refractivity contribution >= 4 is 24.2 Å². The molecular formula is C22H17F4N2O3P. The molecule has 1 heterocycles. The van der Waals surface area contributed by atoms with Crippen LogP contribution >= 0.6 is 7.29 Å². The first-order valence-electron chi connectivity index (χ1n) is 9.44. The number of fused-ring (bicyclic) bond motifs is 2. The fraction of sp³-hybridized carbons (Fsp3) is 0.136. The molecule has 1 amide bonds. The topological polar surface area (TPSA) is 72.6 Å². The van der Waals surface area contributed by atoms with Crippen molar-refractivity contribution in [2.24, 2.45) is 5.73 Å². The minimum atomic E-state index is -4.69. The summed E-state index contributed by atoms with van der Waals surface area (Å²) in [5.74, 6) is -1.69. The van der Waals surface area contributed by atoms with E-state index in [0.29, 0.717) is 22.6 Å². The lowest BCUT2D eigenvalue weighted by Gasteiger charge is -2.26. The van der Waals surface area contributed by atoms with Crippen molar-refractivity contribution in [3.8, 4) is 11.5 Å². The molecule has 0 fully saturated rings. The Balaban J connectivity index is 1.83. The van der Waals surface area contributed by atoms with Crippen LogP contribution in [0.4, 0.5) is 23.2 Å². The third kappa shape index (κ3) is 3.67. The molecule has 0 aromatic heterocycles. The number of hydrogen-bond acceptors (Lipinski definition) is 4. The molecule has 2 N–H and O–H groups in total. The normalized spacial score (nSPS) is 17.5. The van der Waals surface area contributed by atoms with Crippen LogP contribution in [0.5, 0.6) is 11.5 Å². The molecule has 5 nitrogen and oxygen atoms in total. The van der Waals surface area contributed by atoms with E-state index in [1.165, 1.54) is 13.0 Å². The van der Waals surface area contributed by atoms with Crippen LogP contribution in [0.1, 0.15) is 21.5 Å². The van der Waals surface area contributed by atoms with E-state index in [2.05, 4.69) is 0 Å². The van der Waals surface area contributed by atoms with E-state index in [1.54, 1.807) is 24.3 Å². The zero-order valence-electron chi connectivity index (χ0n) is 16.7. The van der Waals surface area contributed by atoms with E-state index in [4.69, 9.17) is 10.5 Å². The quantitative estimate of drug-likeness (QED) is 0.413. The van der Waals surface area contributed by atoms with Gasteiger partial charge in [-0.15, -0.1) is 0 Å². The summed E-state index contributed by atoms with van der Waals surface area (Å²) in [6, 6.07) is 12.2. The molecule has 3 aromatic carbocycles. The Bertz CT molecular complexity index is 1280. The van der Waals surface area contributed by atoms with Gasteiger partial charge >= 0.3 is 6.18 Å². The summed E-state index contributed by atoms with van der Waals surface area (Å²) in [4.78, 5) is 13.5. The summed E-state index contributed by atoms with van der Waals surface area (Å²) in [6.45, 7) is 1.52. The number of ether oxygens (including phenoxy) is 1. The van der Waals surface area contributed by atoms with E-state index in [0.717, 1.165) is 28.9 Å². The predicted octanol–water partition coefficient (Wildman–Crippen LogP) is 5.43. The molecule has 0 aliphatic carbocycles. The van der Waals surface area contributed by atoms with Crippen LogP contribution in [-0.4, -0.2) is 12.2 Å². The van der Waals surface area contributed by atoms with E-state index in [1.807, 2.05) is 0 Å². The van der Waals surface area contributed by atoms with Crippen molar-refractivity contribution in [1.82, 2.24) is 0 Å². The molecule has 166 valence electrons. The molecule has 0 spiro atoms. The van der Waals surface area contributed by atoms with Crippen molar-refractivity contribution in [1.29, 1.82) is 0 Å². The molecule has 10 heteroatoms. The SMILES string of the molecule is Cc1cc(F)ccc1Oc1cc(C(F)(F)F)ccc1C(=O)N1c2cccc(c2)P1(=O)CN. The van der Waals surface area contributed by atoms with Crippen LogP contribution < -0.4 is 20.4 Å². The predicted molar refractivity (Wildman–Crippen MR) is 112 cm³/mol. The number of carbonyl (C=O) groups is 1. The van der Waals surface area contributed by atoms with Crippen LogP contribution in [0, 0.1) is 12.7 Å². The van der Waals surface area contributed by atoms with Crippen LogP contribution in [0.25, 0.3) is 0 Å². The highest BCUT2D eigenvalue weighted by molar-refractivity contribution is 7.74. The summed E-state index contributed by atoms with van der Waals surface area (Å²) in [5, 5.41) is 0.384. The van der Waals surface area contributed by atoms with Crippen molar-refractivity contribution in [3.05, 3.63) is 83.2 Å². The van der Waals surface area contributed by atoms with Crippen LogP contribution in [0.2, 0.25) is 0 Å². The number of anilines is 1. The number of nitrogens with two attached hydrogens (primary N) is 1. The summed E-state index contributed by atoms with van der Waals surface area (Å²) >= 11 is 0. The summed E-state index contributed by atoms with van der Waals surface area (Å²) in [7, 11) is -3.51. The molecule has 0 radical (unpaired) electrons. The second-order valence-corrected chi connectivity index (χ2v) is 9.93. The van der Waals surface area contributed by atoms with Gasteiger partial charge in [-0.05, 0) is 67.1 Å². The molecule has 1 atom stereocenters. The summed E-state index contributed by atoms with van der Waals surface area (Å²) in [6.07, 6.45) is -5.02. The van der Waals surface area contributed by atoms with E-state index < -0.39 is 36.5 Å². The largest absolute Gasteiger partial charge is 0.456 e. The summed E-state index contributed by atoms with van der Waals surface area (Å²) in [5.41, 5.74) is 5.10. The monoisotopic (exact) mass is 464 g/mol. The van der Waals surface area contributed by atoms with Gasteiger partial charge in [0.05, 0.1) is 23.1 Å². The molecular weight excluding hydrogens is 447 g/mol. The lowest BCUT2D eigenvalue weighted by molar-refractivity contribution is -0.137. The Morgan fingerprint density at radius 2 is 1.81 bits per heavy atom. The number of alkyl halides is 3. The first kappa shape index (κ1) is 22.0. The van der Waals surface area contributed by atoms with Gasteiger partial charge in [-0.2, -0.15) is 13.2 Å². The average molecular weight is 464 g/mol. The van der Waals surface area contributed by atoms with Gasteiger partial charge in [0.15, 0.2) is 0 Å². The zero-order chi connectivity index (χ0) is 23.3. The van der Waals surface area contributed by atoms with Gasteiger partial charge in [0.1, 0.15) is 17.3 Å². The Kier molecular flexibility index (Phi) is 5.35. The Hall–Kier alpha value is -3.16. The molecule has 3 aromatic rings. The van der Waals surface area contributed by atoms with Crippen LogP contribution in [0.3, 0.4) is 0 Å². The number of halogens is 4. The maximum absolute atomic E-state index is 13.5. The van der Waals surface area contributed by atoms with E-state index in [-0.39, 0.29) is 17.6 Å². The van der Waals surface area contributed by atoms with Gasteiger partial charge in [-0.1, -0.05) is 6.07 Å². The third-order valence-electron chi connectivity index (χ3n) is 5.14. The molecule has 4 rings (SSSR count). The van der Waals surface area contributed by atoms with Gasteiger partial charge in [0.2, 0.25) is 7.29 Å². The Labute approximate surface area is 180 Å². The number of hydrogen-bond donors (Lipinski definition) is 1. The highest BCUT2D eigenvalue weighted by atomic mass is 31.2. The Morgan fingerprint density at radius 1 is 1.06 bits per heavy atom. The number of amides is 1. The maximum Gasteiger partial charge on any atom is 0.416 e. The molecule has 32 heavy (non-hydrogen) atoms. The van der Waals surface area contributed by atoms with Gasteiger partial charge in [0, 0.05) is 5.30 Å². The molecule has 2 bridgehead atoms. The van der Waals surface area contributed by atoms with Crippen molar-refractivity contribution in [3.63, 3.8) is 0 Å².